The van der Waals surface area contributed by atoms with Crippen molar-refractivity contribution in [2.45, 2.75) is 30.7 Å². The Morgan fingerprint density at radius 3 is 2.43 bits per heavy atom. The molecule has 2 heterocycles. The molecule has 0 atom stereocenters. The van der Waals surface area contributed by atoms with Crippen LogP contribution in [0.25, 0.3) is 0 Å². The second kappa shape index (κ2) is 9.03. The lowest BCUT2D eigenvalue weighted by Crippen LogP contribution is -2.35. The summed E-state index contributed by atoms with van der Waals surface area (Å²) in [6.07, 6.45) is 4.24. The highest BCUT2D eigenvalue weighted by molar-refractivity contribution is 7.89. The summed E-state index contributed by atoms with van der Waals surface area (Å²) in [7, 11) is -3.55. The first-order valence-electron chi connectivity index (χ1n) is 9.03. The second-order valence-electron chi connectivity index (χ2n) is 6.42. The van der Waals surface area contributed by atoms with Crippen LogP contribution in [0.4, 0.5) is 0 Å². The fraction of sp³-hybridized carbons (Fsp3) is 0.368. The molecule has 1 saturated heterocycles. The zero-order valence-corrected chi connectivity index (χ0v) is 16.1. The zero-order chi connectivity index (χ0) is 20.0. The highest BCUT2D eigenvalue weighted by Crippen LogP contribution is 2.21. The Morgan fingerprint density at radius 1 is 1.07 bits per heavy atom. The van der Waals surface area contributed by atoms with Crippen molar-refractivity contribution in [3.8, 4) is 0 Å². The highest BCUT2D eigenvalue weighted by Gasteiger charge is 2.26. The molecule has 2 aromatic rings. The quantitative estimate of drug-likeness (QED) is 0.705. The molecule has 1 aliphatic rings. The van der Waals surface area contributed by atoms with Gasteiger partial charge in [0.15, 0.2) is 6.61 Å². The number of hydrogen-bond donors (Lipinski definition) is 1. The Labute approximate surface area is 163 Å². The van der Waals surface area contributed by atoms with Crippen molar-refractivity contribution in [3.05, 3.63) is 54.0 Å². The van der Waals surface area contributed by atoms with Crippen molar-refractivity contribution in [3.63, 3.8) is 0 Å². The Morgan fingerprint density at radius 2 is 1.79 bits per heavy atom. The van der Waals surface area contributed by atoms with Crippen molar-refractivity contribution in [2.24, 2.45) is 0 Å². The number of nitrogens with zero attached hydrogens (tertiary/aromatic N) is 1. The van der Waals surface area contributed by atoms with Crippen molar-refractivity contribution in [2.75, 3.05) is 19.7 Å². The maximum atomic E-state index is 12.6. The first-order chi connectivity index (χ1) is 13.5. The standard InChI is InChI=1S/C19H22N2O6S/c22-18(20-13-16-5-4-12-26-16)14-27-19(23)15-6-8-17(9-7-15)28(24,25)21-10-2-1-3-11-21/h4-9,12H,1-3,10-11,13-14H2,(H,20,22). The van der Waals surface area contributed by atoms with E-state index in [-0.39, 0.29) is 17.0 Å². The first-order valence-corrected chi connectivity index (χ1v) is 10.5. The maximum absolute atomic E-state index is 12.6. The molecule has 3 rings (SSSR count). The summed E-state index contributed by atoms with van der Waals surface area (Å²) in [5, 5.41) is 2.56. The van der Waals surface area contributed by atoms with Gasteiger partial charge in [-0.25, -0.2) is 13.2 Å². The van der Waals surface area contributed by atoms with Gasteiger partial charge in [0.2, 0.25) is 10.0 Å². The van der Waals surface area contributed by atoms with Gasteiger partial charge in [0.05, 0.1) is 23.3 Å². The van der Waals surface area contributed by atoms with Crippen LogP contribution in [0, 0.1) is 0 Å². The number of carbonyl (C=O) groups excluding carboxylic acids is 2. The Balaban J connectivity index is 1.52. The molecule has 0 spiro atoms. The fourth-order valence-electron chi connectivity index (χ4n) is 2.88. The number of rotatable bonds is 7. The van der Waals surface area contributed by atoms with Crippen LogP contribution in [0.1, 0.15) is 35.4 Å². The van der Waals surface area contributed by atoms with Gasteiger partial charge in [0.25, 0.3) is 5.91 Å². The van der Waals surface area contributed by atoms with Crippen LogP contribution in [0.2, 0.25) is 0 Å². The average Bonchev–Trinajstić information content (AvgIpc) is 3.25. The van der Waals surface area contributed by atoms with E-state index in [1.807, 2.05) is 0 Å². The smallest absolute Gasteiger partial charge is 0.338 e. The lowest BCUT2D eigenvalue weighted by molar-refractivity contribution is -0.124. The molecule has 1 aromatic heterocycles. The van der Waals surface area contributed by atoms with Gasteiger partial charge in [-0.2, -0.15) is 4.31 Å². The van der Waals surface area contributed by atoms with Crippen LogP contribution >= 0.6 is 0 Å². The summed E-state index contributed by atoms with van der Waals surface area (Å²) in [4.78, 5) is 23.9. The Bertz CT molecular complexity index is 900. The molecule has 8 nitrogen and oxygen atoms in total. The molecular formula is C19H22N2O6S. The molecule has 0 aliphatic carbocycles. The number of nitrogens with one attached hydrogen (secondary N) is 1. The average molecular weight is 406 g/mol. The predicted molar refractivity (Wildman–Crippen MR) is 99.9 cm³/mol. The van der Waals surface area contributed by atoms with Crippen molar-refractivity contribution >= 4 is 21.9 Å². The molecule has 9 heteroatoms. The van der Waals surface area contributed by atoms with E-state index >= 15 is 0 Å². The van der Waals surface area contributed by atoms with Crippen LogP contribution in [0.5, 0.6) is 0 Å². The van der Waals surface area contributed by atoms with E-state index in [9.17, 15) is 18.0 Å². The lowest BCUT2D eigenvalue weighted by Gasteiger charge is -2.25. The van der Waals surface area contributed by atoms with Crippen LogP contribution in [0.15, 0.2) is 52.0 Å². The van der Waals surface area contributed by atoms with Gasteiger partial charge in [-0.1, -0.05) is 6.42 Å². The number of furan rings is 1. The molecule has 1 amide bonds. The summed E-state index contributed by atoms with van der Waals surface area (Å²) in [5.74, 6) is -0.575. The predicted octanol–water partition coefficient (Wildman–Crippen LogP) is 1.93. The van der Waals surface area contributed by atoms with Crippen LogP contribution in [-0.4, -0.2) is 44.3 Å². The third-order valence-electron chi connectivity index (χ3n) is 4.42. The number of ether oxygens (including phenoxy) is 1. The van der Waals surface area contributed by atoms with Gasteiger partial charge in [0, 0.05) is 13.1 Å². The molecule has 0 saturated carbocycles. The normalized spacial score (nSPS) is 15.1. The summed E-state index contributed by atoms with van der Waals surface area (Å²) in [5.41, 5.74) is 0.177. The van der Waals surface area contributed by atoms with E-state index in [1.165, 1.54) is 34.8 Å². The second-order valence-corrected chi connectivity index (χ2v) is 8.36. The number of piperidine rings is 1. The van der Waals surface area contributed by atoms with E-state index in [0.29, 0.717) is 18.8 Å². The molecule has 0 radical (unpaired) electrons. The molecular weight excluding hydrogens is 384 g/mol. The number of hydrogen-bond acceptors (Lipinski definition) is 6. The first kappa shape index (κ1) is 20.1. The monoisotopic (exact) mass is 406 g/mol. The van der Waals surface area contributed by atoms with Gasteiger partial charge in [-0.05, 0) is 49.2 Å². The third-order valence-corrected chi connectivity index (χ3v) is 6.33. The SMILES string of the molecule is O=C(COC(=O)c1ccc(S(=O)(=O)N2CCCCC2)cc1)NCc1ccco1. The summed E-state index contributed by atoms with van der Waals surface area (Å²) >= 11 is 0. The molecule has 28 heavy (non-hydrogen) atoms. The molecule has 1 aromatic carbocycles. The summed E-state index contributed by atoms with van der Waals surface area (Å²) in [6.45, 7) is 0.790. The Kier molecular flexibility index (Phi) is 6.48. The van der Waals surface area contributed by atoms with Crippen LogP contribution in [-0.2, 0) is 26.1 Å². The van der Waals surface area contributed by atoms with E-state index in [2.05, 4.69) is 5.32 Å². The Hall–Kier alpha value is -2.65. The molecule has 1 fully saturated rings. The molecule has 150 valence electrons. The minimum Gasteiger partial charge on any atom is -0.467 e. The molecule has 1 N–H and O–H groups in total. The topological polar surface area (TPSA) is 106 Å². The van der Waals surface area contributed by atoms with E-state index in [1.54, 1.807) is 12.1 Å². The minimum absolute atomic E-state index is 0.141. The molecule has 1 aliphatic heterocycles. The molecule has 0 unspecified atom stereocenters. The van der Waals surface area contributed by atoms with Gasteiger partial charge in [0.1, 0.15) is 5.76 Å². The largest absolute Gasteiger partial charge is 0.467 e. The van der Waals surface area contributed by atoms with Crippen LogP contribution < -0.4 is 5.32 Å². The van der Waals surface area contributed by atoms with Gasteiger partial charge >= 0.3 is 5.97 Å². The summed E-state index contributed by atoms with van der Waals surface area (Å²) < 4.78 is 36.7. The van der Waals surface area contributed by atoms with Gasteiger partial charge < -0.3 is 14.5 Å². The number of amides is 1. The number of benzene rings is 1. The maximum Gasteiger partial charge on any atom is 0.338 e. The number of carbonyl (C=O) groups is 2. The summed E-state index contributed by atoms with van der Waals surface area (Å²) in [6, 6.07) is 8.97. The highest BCUT2D eigenvalue weighted by atomic mass is 32.2. The fourth-order valence-corrected chi connectivity index (χ4v) is 4.40. The van der Waals surface area contributed by atoms with Crippen molar-refractivity contribution in [1.82, 2.24) is 9.62 Å². The van der Waals surface area contributed by atoms with E-state index in [0.717, 1.165) is 19.3 Å². The number of sulfonamides is 1. The van der Waals surface area contributed by atoms with Crippen molar-refractivity contribution in [1.29, 1.82) is 0 Å². The zero-order valence-electron chi connectivity index (χ0n) is 15.3. The van der Waals surface area contributed by atoms with E-state index < -0.39 is 28.5 Å². The number of esters is 1. The van der Waals surface area contributed by atoms with Crippen LogP contribution in [0.3, 0.4) is 0 Å². The lowest BCUT2D eigenvalue weighted by atomic mass is 10.2. The third kappa shape index (κ3) is 4.99. The minimum atomic E-state index is -3.55. The van der Waals surface area contributed by atoms with Crippen molar-refractivity contribution < 1.29 is 27.2 Å². The van der Waals surface area contributed by atoms with Gasteiger partial charge in [-0.3, -0.25) is 4.79 Å². The van der Waals surface area contributed by atoms with Gasteiger partial charge in [-0.15, -0.1) is 0 Å². The molecule has 0 bridgehead atoms. The van der Waals surface area contributed by atoms with E-state index in [4.69, 9.17) is 9.15 Å².